The molecule has 2 heterocycles. The molecule has 3 N–H and O–H groups in total. The van der Waals surface area contributed by atoms with Gasteiger partial charge in [0.05, 0.1) is 0 Å². The Morgan fingerprint density at radius 1 is 1.37 bits per heavy atom. The van der Waals surface area contributed by atoms with Crippen LogP contribution in [0.1, 0.15) is 16.7 Å². The maximum atomic E-state index is 11.8. The number of thioether (sulfide) groups is 1. The summed E-state index contributed by atoms with van der Waals surface area (Å²) in [6, 6.07) is 5.86. The predicted molar refractivity (Wildman–Crippen MR) is 73.6 cm³/mol. The van der Waals surface area contributed by atoms with Gasteiger partial charge in [-0.15, -0.1) is 0 Å². The van der Waals surface area contributed by atoms with Gasteiger partial charge < -0.3 is 16.0 Å². The van der Waals surface area contributed by atoms with Gasteiger partial charge in [-0.05, 0) is 16.7 Å². The molecular weight excluding hydrogens is 262 g/mol. The van der Waals surface area contributed by atoms with E-state index < -0.39 is 6.04 Å². The standard InChI is InChI=1S/C13H15N3O2S/c17-12(11-7-19-13(18)16-11)15-4-8-1-2-9-5-14-6-10(9)3-8/h1-3,11,14H,4-7H2,(H,15,17)(H,16,18)/t11-/m0/s1. The Morgan fingerprint density at radius 2 is 2.21 bits per heavy atom. The maximum absolute atomic E-state index is 11.8. The van der Waals surface area contributed by atoms with E-state index in [-0.39, 0.29) is 11.1 Å². The van der Waals surface area contributed by atoms with Gasteiger partial charge in [-0.2, -0.15) is 0 Å². The maximum Gasteiger partial charge on any atom is 0.279 e. The van der Waals surface area contributed by atoms with Crippen molar-refractivity contribution in [2.24, 2.45) is 0 Å². The Kier molecular flexibility index (Phi) is 3.44. The molecule has 1 fully saturated rings. The lowest BCUT2D eigenvalue weighted by Gasteiger charge is -2.11. The first-order valence-corrected chi connectivity index (χ1v) is 7.23. The fourth-order valence-corrected chi connectivity index (χ4v) is 3.07. The molecule has 0 spiro atoms. The zero-order valence-corrected chi connectivity index (χ0v) is 11.2. The highest BCUT2D eigenvalue weighted by atomic mass is 32.2. The Morgan fingerprint density at radius 3 is 3.00 bits per heavy atom. The number of amides is 2. The van der Waals surface area contributed by atoms with E-state index in [2.05, 4.69) is 28.1 Å². The number of nitrogens with one attached hydrogen (secondary N) is 3. The molecule has 2 aliphatic rings. The van der Waals surface area contributed by atoms with E-state index in [0.717, 1.165) is 30.4 Å². The molecule has 100 valence electrons. The summed E-state index contributed by atoms with van der Waals surface area (Å²) in [5, 5.41) is 8.67. The Balaban J connectivity index is 1.57. The minimum absolute atomic E-state index is 0.114. The molecule has 0 aromatic heterocycles. The van der Waals surface area contributed by atoms with E-state index in [1.165, 1.54) is 11.1 Å². The summed E-state index contributed by atoms with van der Waals surface area (Å²) in [4.78, 5) is 22.9. The molecule has 1 saturated heterocycles. The summed E-state index contributed by atoms with van der Waals surface area (Å²) in [6.45, 7) is 2.32. The van der Waals surface area contributed by atoms with Crippen molar-refractivity contribution in [1.29, 1.82) is 0 Å². The number of carbonyl (C=O) groups excluding carboxylic acids is 2. The molecule has 1 atom stereocenters. The third kappa shape index (κ3) is 2.74. The lowest BCUT2D eigenvalue weighted by molar-refractivity contribution is -0.122. The number of hydrogen-bond donors (Lipinski definition) is 3. The van der Waals surface area contributed by atoms with Gasteiger partial charge in [0, 0.05) is 25.4 Å². The van der Waals surface area contributed by atoms with Crippen LogP contribution in [0.5, 0.6) is 0 Å². The van der Waals surface area contributed by atoms with E-state index in [0.29, 0.717) is 12.3 Å². The molecular formula is C13H15N3O2S. The molecule has 2 amide bonds. The van der Waals surface area contributed by atoms with Gasteiger partial charge >= 0.3 is 0 Å². The third-order valence-corrected chi connectivity index (χ3v) is 4.24. The van der Waals surface area contributed by atoms with Gasteiger partial charge in [0.15, 0.2) is 0 Å². The van der Waals surface area contributed by atoms with E-state index in [1.54, 1.807) is 0 Å². The molecule has 0 unspecified atom stereocenters. The van der Waals surface area contributed by atoms with Crippen molar-refractivity contribution in [2.75, 3.05) is 5.75 Å². The molecule has 2 aliphatic heterocycles. The van der Waals surface area contributed by atoms with E-state index in [1.807, 2.05) is 6.07 Å². The molecule has 5 nitrogen and oxygen atoms in total. The van der Waals surface area contributed by atoms with Crippen molar-refractivity contribution < 1.29 is 9.59 Å². The quantitative estimate of drug-likeness (QED) is 0.762. The van der Waals surface area contributed by atoms with Crippen LogP contribution in [0.4, 0.5) is 4.79 Å². The number of rotatable bonds is 3. The number of carbonyl (C=O) groups is 2. The second-order valence-electron chi connectivity index (χ2n) is 4.72. The van der Waals surface area contributed by atoms with Gasteiger partial charge in [-0.3, -0.25) is 9.59 Å². The van der Waals surface area contributed by atoms with Crippen molar-refractivity contribution in [3.8, 4) is 0 Å². The van der Waals surface area contributed by atoms with Gasteiger partial charge in [0.1, 0.15) is 6.04 Å². The van der Waals surface area contributed by atoms with Crippen LogP contribution < -0.4 is 16.0 Å². The van der Waals surface area contributed by atoms with Gasteiger partial charge in [0.2, 0.25) is 5.91 Å². The van der Waals surface area contributed by atoms with Gasteiger partial charge in [0.25, 0.3) is 5.24 Å². The highest BCUT2D eigenvalue weighted by Crippen LogP contribution is 2.17. The molecule has 0 saturated carbocycles. The normalized spacial score (nSPS) is 21.1. The minimum atomic E-state index is -0.395. The predicted octanol–water partition coefficient (Wildman–Crippen LogP) is 0.731. The summed E-state index contributed by atoms with van der Waals surface area (Å²) < 4.78 is 0. The van der Waals surface area contributed by atoms with E-state index in [4.69, 9.17) is 0 Å². The van der Waals surface area contributed by atoms with Crippen LogP contribution in [0.25, 0.3) is 0 Å². The minimum Gasteiger partial charge on any atom is -0.350 e. The number of hydrogen-bond acceptors (Lipinski definition) is 4. The van der Waals surface area contributed by atoms with E-state index in [9.17, 15) is 9.59 Å². The molecule has 1 aromatic rings. The first kappa shape index (κ1) is 12.5. The van der Waals surface area contributed by atoms with Crippen molar-refractivity contribution in [1.82, 2.24) is 16.0 Å². The van der Waals surface area contributed by atoms with E-state index >= 15 is 0 Å². The largest absolute Gasteiger partial charge is 0.350 e. The van der Waals surface area contributed by atoms with Crippen molar-refractivity contribution in [2.45, 2.75) is 25.7 Å². The molecule has 0 radical (unpaired) electrons. The summed E-state index contributed by atoms with van der Waals surface area (Å²) >= 11 is 1.15. The van der Waals surface area contributed by atoms with Crippen LogP contribution in [0.15, 0.2) is 18.2 Å². The first-order valence-electron chi connectivity index (χ1n) is 6.25. The van der Waals surface area contributed by atoms with Crippen LogP contribution in [0, 0.1) is 0 Å². The summed E-state index contributed by atoms with van der Waals surface area (Å²) in [6.07, 6.45) is 0. The highest BCUT2D eigenvalue weighted by molar-refractivity contribution is 8.14. The molecule has 3 rings (SSSR count). The van der Waals surface area contributed by atoms with Gasteiger partial charge in [-0.25, -0.2) is 0 Å². The van der Waals surface area contributed by atoms with Crippen LogP contribution in [-0.4, -0.2) is 22.9 Å². The lowest BCUT2D eigenvalue weighted by Crippen LogP contribution is -2.42. The second-order valence-corrected chi connectivity index (χ2v) is 5.71. The summed E-state index contributed by atoms with van der Waals surface area (Å²) in [5.74, 6) is 0.399. The fraction of sp³-hybridized carbons (Fsp3) is 0.385. The molecule has 0 aliphatic carbocycles. The smallest absolute Gasteiger partial charge is 0.279 e. The molecule has 19 heavy (non-hydrogen) atoms. The first-order chi connectivity index (χ1) is 9.22. The Bertz CT molecular complexity index is 533. The van der Waals surface area contributed by atoms with Gasteiger partial charge in [-0.1, -0.05) is 30.0 Å². The average Bonchev–Trinajstić information content (AvgIpc) is 3.03. The monoisotopic (exact) mass is 277 g/mol. The Hall–Kier alpha value is -1.53. The SMILES string of the molecule is O=C1N[C@H](C(=O)NCc2ccc3c(c2)CNC3)CS1. The highest BCUT2D eigenvalue weighted by Gasteiger charge is 2.27. The summed E-state index contributed by atoms with van der Waals surface area (Å²) in [7, 11) is 0. The Labute approximate surface area is 115 Å². The molecule has 6 heteroatoms. The zero-order valence-electron chi connectivity index (χ0n) is 10.4. The lowest BCUT2D eigenvalue weighted by atomic mass is 10.1. The number of benzene rings is 1. The fourth-order valence-electron chi connectivity index (χ4n) is 2.30. The van der Waals surface area contributed by atoms with Crippen molar-refractivity contribution in [3.05, 3.63) is 34.9 Å². The van der Waals surface area contributed by atoms with Crippen molar-refractivity contribution >= 4 is 22.9 Å². The average molecular weight is 277 g/mol. The van der Waals surface area contributed by atoms with Crippen LogP contribution >= 0.6 is 11.8 Å². The van der Waals surface area contributed by atoms with Crippen LogP contribution in [0.2, 0.25) is 0 Å². The van der Waals surface area contributed by atoms with Crippen LogP contribution in [-0.2, 0) is 24.4 Å². The topological polar surface area (TPSA) is 70.2 Å². The molecule has 0 bridgehead atoms. The second kappa shape index (κ2) is 5.22. The zero-order chi connectivity index (χ0) is 13.2. The third-order valence-electron chi connectivity index (χ3n) is 3.36. The van der Waals surface area contributed by atoms with Crippen LogP contribution in [0.3, 0.4) is 0 Å². The molecule has 1 aromatic carbocycles. The summed E-state index contributed by atoms with van der Waals surface area (Å²) in [5.41, 5.74) is 3.72. The number of fused-ring (bicyclic) bond motifs is 1. The van der Waals surface area contributed by atoms with Crippen molar-refractivity contribution in [3.63, 3.8) is 0 Å².